The first-order chi connectivity index (χ1) is 25.1. The average Bonchev–Trinajstić information content (AvgIpc) is 3.12. The highest BCUT2D eigenvalue weighted by Crippen LogP contribution is 2.43. The maximum atomic E-state index is 12.5. The minimum Gasteiger partial charge on any atom is -0.462 e. The van der Waals surface area contributed by atoms with Crippen LogP contribution in [0.25, 0.3) is 0 Å². The topological polar surface area (TPSA) is 175 Å². The second-order valence-corrected chi connectivity index (χ2v) is 14.7. The molecule has 5 N–H and O–H groups in total. The number of aliphatic hydroxyl groups is 2. The number of phosphoric acid groups is 1. The van der Waals surface area contributed by atoms with Crippen LogP contribution in [-0.4, -0.2) is 71.7 Å². The Morgan fingerprint density at radius 1 is 0.673 bits per heavy atom. The van der Waals surface area contributed by atoms with E-state index in [0.29, 0.717) is 25.7 Å². The van der Waals surface area contributed by atoms with Gasteiger partial charge in [-0.25, -0.2) is 4.57 Å². The summed E-state index contributed by atoms with van der Waals surface area (Å²) in [4.78, 5) is 34.7. The third-order valence-corrected chi connectivity index (χ3v) is 9.14. The van der Waals surface area contributed by atoms with Crippen LogP contribution in [0.15, 0.2) is 48.6 Å². The summed E-state index contributed by atoms with van der Waals surface area (Å²) in [6, 6.07) is 0. The quantitative estimate of drug-likeness (QED) is 0.0158. The van der Waals surface area contributed by atoms with E-state index in [0.717, 1.165) is 25.7 Å². The van der Waals surface area contributed by atoms with Crippen molar-refractivity contribution in [1.82, 2.24) is 0 Å². The van der Waals surface area contributed by atoms with E-state index in [2.05, 4.69) is 19.9 Å². The lowest BCUT2D eigenvalue weighted by molar-refractivity contribution is -0.161. The van der Waals surface area contributed by atoms with Crippen molar-refractivity contribution in [2.75, 3.05) is 26.4 Å². The van der Waals surface area contributed by atoms with Gasteiger partial charge >= 0.3 is 19.8 Å². The minimum absolute atomic E-state index is 0.0180. The molecule has 0 rings (SSSR count). The summed E-state index contributed by atoms with van der Waals surface area (Å²) >= 11 is 0. The molecule has 0 fully saturated rings. The number of carbonyl (C=O) groups is 2. The van der Waals surface area contributed by atoms with Gasteiger partial charge in [0.15, 0.2) is 6.10 Å². The van der Waals surface area contributed by atoms with Crippen LogP contribution in [0.5, 0.6) is 0 Å². The Kier molecular flexibility index (Phi) is 34.4. The van der Waals surface area contributed by atoms with Crippen molar-refractivity contribution in [3.63, 3.8) is 0 Å². The number of rotatable bonds is 36. The molecular weight excluding hydrogens is 685 g/mol. The van der Waals surface area contributed by atoms with Gasteiger partial charge in [0.25, 0.3) is 0 Å². The lowest BCUT2D eigenvalue weighted by Crippen LogP contribution is -2.29. The first kappa shape index (κ1) is 49.9. The molecule has 0 aromatic rings. The molecule has 0 aliphatic heterocycles. The number of aliphatic hydroxyl groups excluding tert-OH is 2. The molecule has 0 bridgehead atoms. The van der Waals surface area contributed by atoms with Crippen molar-refractivity contribution < 1.29 is 47.8 Å². The van der Waals surface area contributed by atoms with Gasteiger partial charge in [0.1, 0.15) is 6.61 Å². The van der Waals surface area contributed by atoms with Gasteiger partial charge in [-0.3, -0.25) is 18.6 Å². The summed E-state index contributed by atoms with van der Waals surface area (Å²) in [5.41, 5.74) is 5.32. The number of allylic oxidation sites excluding steroid dienone is 5. The molecule has 11 nitrogen and oxygen atoms in total. The number of esters is 2. The first-order valence-corrected chi connectivity index (χ1v) is 21.3. The van der Waals surface area contributed by atoms with E-state index >= 15 is 0 Å². The van der Waals surface area contributed by atoms with Crippen LogP contribution in [0.4, 0.5) is 0 Å². The Balaban J connectivity index is 4.48. The van der Waals surface area contributed by atoms with Gasteiger partial charge in [-0.2, -0.15) is 0 Å². The second-order valence-electron chi connectivity index (χ2n) is 13.2. The normalized spacial score (nSPS) is 15.1. The van der Waals surface area contributed by atoms with Crippen molar-refractivity contribution in [2.45, 2.75) is 167 Å². The number of ether oxygens (including phenoxy) is 2. The molecule has 0 aromatic carbocycles. The highest BCUT2D eigenvalue weighted by Gasteiger charge is 2.26. The molecule has 1 unspecified atom stereocenters. The molecular formula is C40H72NO10P. The van der Waals surface area contributed by atoms with Crippen LogP contribution in [0.1, 0.15) is 149 Å². The van der Waals surface area contributed by atoms with E-state index in [9.17, 15) is 29.3 Å². The zero-order chi connectivity index (χ0) is 38.5. The van der Waals surface area contributed by atoms with Gasteiger partial charge in [0.05, 0.1) is 25.4 Å². The fourth-order valence-electron chi connectivity index (χ4n) is 5.12. The molecule has 0 amide bonds. The molecule has 12 heteroatoms. The second kappa shape index (κ2) is 35.9. The minimum atomic E-state index is -4.43. The molecule has 0 aliphatic rings. The predicted molar refractivity (Wildman–Crippen MR) is 209 cm³/mol. The molecule has 0 saturated heterocycles. The zero-order valence-corrected chi connectivity index (χ0v) is 33.1. The van der Waals surface area contributed by atoms with Crippen LogP contribution < -0.4 is 5.73 Å². The van der Waals surface area contributed by atoms with Crippen LogP contribution in [-0.2, 0) is 32.7 Å². The third kappa shape index (κ3) is 34.9. The summed E-state index contributed by atoms with van der Waals surface area (Å²) in [6.07, 6.45) is 32.0. The number of unbranched alkanes of at least 4 members (excludes halogenated alkanes) is 14. The van der Waals surface area contributed by atoms with Crippen molar-refractivity contribution >= 4 is 19.8 Å². The molecule has 0 aromatic heterocycles. The van der Waals surface area contributed by atoms with Crippen molar-refractivity contribution in [2.24, 2.45) is 5.73 Å². The maximum Gasteiger partial charge on any atom is 0.472 e. The summed E-state index contributed by atoms with van der Waals surface area (Å²) in [7, 11) is -4.43. The zero-order valence-electron chi connectivity index (χ0n) is 32.3. The Hall–Kier alpha value is -2.11. The molecule has 4 atom stereocenters. The number of carbonyl (C=O) groups excluding carboxylic acids is 2. The maximum absolute atomic E-state index is 12.5. The van der Waals surface area contributed by atoms with E-state index in [1.807, 2.05) is 6.08 Å². The lowest BCUT2D eigenvalue weighted by atomic mass is 10.0. The van der Waals surface area contributed by atoms with E-state index in [1.165, 1.54) is 70.6 Å². The van der Waals surface area contributed by atoms with Crippen molar-refractivity contribution in [3.05, 3.63) is 48.6 Å². The highest BCUT2D eigenvalue weighted by molar-refractivity contribution is 7.47. The molecule has 0 saturated carbocycles. The van der Waals surface area contributed by atoms with Crippen LogP contribution in [0.2, 0.25) is 0 Å². The average molecular weight is 758 g/mol. The number of nitrogens with two attached hydrogens (primary N) is 1. The van der Waals surface area contributed by atoms with Crippen LogP contribution >= 0.6 is 7.82 Å². The standard InChI is InChI=1S/C40H72NO10P/c1-3-5-7-9-11-12-13-14-15-16-18-24-30-40(45)51-38(35-50-52(46,47)49-33-32-41)34-48-39(44)31-25-29-37(43)28-23-20-19-22-27-36(42)26-21-17-10-8-6-4-2/h17,19-23,27-28,36-38,42-43H,3-16,18,24-26,29-35,41H2,1-2H3,(H,46,47)/b20-19+,21-17-,27-22+,28-23-/t36-,37-,38-/m1/s1. The fourth-order valence-corrected chi connectivity index (χ4v) is 5.89. The molecule has 0 spiro atoms. The smallest absolute Gasteiger partial charge is 0.462 e. The number of hydrogen-bond acceptors (Lipinski definition) is 10. The number of hydrogen-bond donors (Lipinski definition) is 4. The van der Waals surface area contributed by atoms with Gasteiger partial charge in [0.2, 0.25) is 0 Å². The molecule has 0 heterocycles. The van der Waals surface area contributed by atoms with E-state index in [1.54, 1.807) is 36.5 Å². The van der Waals surface area contributed by atoms with Gasteiger partial charge in [-0.05, 0) is 38.5 Å². The van der Waals surface area contributed by atoms with Gasteiger partial charge in [-0.1, -0.05) is 146 Å². The predicted octanol–water partition coefficient (Wildman–Crippen LogP) is 8.71. The SMILES string of the molecule is CCCCC/C=C\C[C@@H](O)/C=C/C=C/C=C\[C@@H](O)CCCC(=O)OC[C@H](COP(=O)(O)OCCN)OC(=O)CCCCCCCCCCCCCC. The van der Waals surface area contributed by atoms with E-state index in [4.69, 9.17) is 24.3 Å². The Morgan fingerprint density at radius 2 is 1.23 bits per heavy atom. The van der Waals surface area contributed by atoms with Crippen molar-refractivity contribution in [3.8, 4) is 0 Å². The summed E-state index contributed by atoms with van der Waals surface area (Å²) in [5.74, 6) is -1.07. The first-order valence-electron chi connectivity index (χ1n) is 19.8. The molecule has 52 heavy (non-hydrogen) atoms. The van der Waals surface area contributed by atoms with E-state index in [-0.39, 0.29) is 32.6 Å². The van der Waals surface area contributed by atoms with Gasteiger partial charge < -0.3 is 30.3 Å². The molecule has 0 aliphatic carbocycles. The Bertz CT molecular complexity index is 1030. The molecule has 0 radical (unpaired) electrons. The third-order valence-electron chi connectivity index (χ3n) is 8.16. The Morgan fingerprint density at radius 3 is 1.85 bits per heavy atom. The largest absolute Gasteiger partial charge is 0.472 e. The van der Waals surface area contributed by atoms with Crippen molar-refractivity contribution in [1.29, 1.82) is 0 Å². The highest BCUT2D eigenvalue weighted by atomic mass is 31.2. The lowest BCUT2D eigenvalue weighted by Gasteiger charge is -2.20. The van der Waals surface area contributed by atoms with Crippen LogP contribution in [0.3, 0.4) is 0 Å². The summed E-state index contributed by atoms with van der Waals surface area (Å²) < 4.78 is 32.5. The summed E-state index contributed by atoms with van der Waals surface area (Å²) in [6.45, 7) is 3.36. The van der Waals surface area contributed by atoms with Gasteiger partial charge in [0, 0.05) is 19.4 Å². The Labute approximate surface area is 314 Å². The summed E-state index contributed by atoms with van der Waals surface area (Å²) in [5, 5.41) is 20.2. The van der Waals surface area contributed by atoms with Crippen LogP contribution in [0, 0.1) is 0 Å². The fraction of sp³-hybridized carbons (Fsp3) is 0.750. The number of phosphoric ester groups is 1. The van der Waals surface area contributed by atoms with Gasteiger partial charge in [-0.15, -0.1) is 0 Å². The van der Waals surface area contributed by atoms with E-state index < -0.39 is 44.7 Å². The monoisotopic (exact) mass is 757 g/mol. The molecule has 302 valence electrons.